The summed E-state index contributed by atoms with van der Waals surface area (Å²) in [6.07, 6.45) is 3.14. The van der Waals surface area contributed by atoms with Crippen molar-refractivity contribution in [3.63, 3.8) is 0 Å². The van der Waals surface area contributed by atoms with Gasteiger partial charge in [0.15, 0.2) is 5.41 Å². The van der Waals surface area contributed by atoms with Gasteiger partial charge in [-0.25, -0.2) is 0 Å². The molecule has 1 amide bonds. The molecule has 2 rings (SSSR count). The summed E-state index contributed by atoms with van der Waals surface area (Å²) in [5, 5.41) is 12.5. The van der Waals surface area contributed by atoms with Gasteiger partial charge in [-0.15, -0.1) is 0 Å². The Labute approximate surface area is 130 Å². The maximum absolute atomic E-state index is 12.8. The first kappa shape index (κ1) is 16.4. The van der Waals surface area contributed by atoms with E-state index >= 15 is 0 Å². The summed E-state index contributed by atoms with van der Waals surface area (Å²) < 4.78 is 0. The molecule has 1 aliphatic carbocycles. The van der Waals surface area contributed by atoms with Crippen molar-refractivity contribution in [2.24, 2.45) is 16.2 Å². The monoisotopic (exact) mass is 305 g/mol. The van der Waals surface area contributed by atoms with Crippen molar-refractivity contribution in [2.75, 3.05) is 0 Å². The van der Waals surface area contributed by atoms with E-state index in [4.69, 9.17) is 0 Å². The number of aromatic nitrogens is 2. The predicted octanol–water partition coefficient (Wildman–Crippen LogP) is 2.10. The Kier molecular flexibility index (Phi) is 3.55. The molecule has 1 aromatic rings. The second kappa shape index (κ2) is 4.76. The topological polar surface area (TPSA) is 92.2 Å². The van der Waals surface area contributed by atoms with Gasteiger partial charge in [0.05, 0.1) is 17.4 Å². The van der Waals surface area contributed by atoms with Crippen LogP contribution in [0.25, 0.3) is 0 Å². The number of hydrogen-bond donors (Lipinski definition) is 2. The van der Waals surface area contributed by atoms with Crippen molar-refractivity contribution in [3.8, 4) is 0 Å². The number of rotatable bonds is 4. The summed E-state index contributed by atoms with van der Waals surface area (Å²) in [4.78, 5) is 33.0. The number of hydrogen-bond acceptors (Lipinski definition) is 4. The summed E-state index contributed by atoms with van der Waals surface area (Å²) in [7, 11) is 0. The van der Waals surface area contributed by atoms with E-state index in [0.717, 1.165) is 0 Å². The number of carbonyl (C=O) groups is 2. The molecule has 120 valence electrons. The van der Waals surface area contributed by atoms with Crippen LogP contribution in [-0.4, -0.2) is 27.0 Å². The van der Waals surface area contributed by atoms with Crippen molar-refractivity contribution in [2.45, 2.75) is 47.6 Å². The SMILES string of the molecule is Cc1nccnc1C(C)NC(=O)C1(C(=O)O)C(C)(C)C1(C)C. The average Bonchev–Trinajstić information content (AvgIpc) is 2.76. The van der Waals surface area contributed by atoms with E-state index in [0.29, 0.717) is 11.4 Å². The summed E-state index contributed by atoms with van der Waals surface area (Å²) in [5.74, 6) is -1.55. The highest BCUT2D eigenvalue weighted by atomic mass is 16.4. The van der Waals surface area contributed by atoms with Crippen LogP contribution in [0.2, 0.25) is 0 Å². The zero-order valence-corrected chi connectivity index (χ0v) is 13.9. The minimum Gasteiger partial charge on any atom is -0.480 e. The second-order valence-corrected chi connectivity index (χ2v) is 7.03. The lowest BCUT2D eigenvalue weighted by Gasteiger charge is -2.21. The van der Waals surface area contributed by atoms with E-state index in [-0.39, 0.29) is 0 Å². The molecule has 6 heteroatoms. The Bertz CT molecular complexity index is 623. The summed E-state index contributed by atoms with van der Waals surface area (Å²) in [6, 6.07) is -0.398. The molecule has 2 N–H and O–H groups in total. The number of carboxylic acid groups (broad SMARTS) is 1. The van der Waals surface area contributed by atoms with Crippen molar-refractivity contribution < 1.29 is 14.7 Å². The number of amides is 1. The number of aryl methyl sites for hydroxylation is 1. The Morgan fingerprint density at radius 1 is 1.14 bits per heavy atom. The van der Waals surface area contributed by atoms with Crippen LogP contribution in [-0.2, 0) is 9.59 Å². The quantitative estimate of drug-likeness (QED) is 0.831. The standard InChI is InChI=1S/C16H23N3O3/c1-9-11(18-8-7-17-9)10(2)19-12(20)16(13(21)22)14(3,4)15(16,5)6/h7-8,10H,1-6H3,(H,19,20)(H,21,22). The second-order valence-electron chi connectivity index (χ2n) is 7.03. The van der Waals surface area contributed by atoms with Crippen LogP contribution in [0.3, 0.4) is 0 Å². The molecule has 1 saturated carbocycles. The van der Waals surface area contributed by atoms with Crippen molar-refractivity contribution in [1.29, 1.82) is 0 Å². The highest BCUT2D eigenvalue weighted by Gasteiger charge is 2.85. The Morgan fingerprint density at radius 2 is 1.64 bits per heavy atom. The average molecular weight is 305 g/mol. The first-order valence-corrected chi connectivity index (χ1v) is 7.33. The third-order valence-corrected chi connectivity index (χ3v) is 5.71. The molecule has 1 fully saturated rings. The zero-order valence-electron chi connectivity index (χ0n) is 13.9. The Morgan fingerprint density at radius 3 is 2.05 bits per heavy atom. The van der Waals surface area contributed by atoms with Gasteiger partial charge >= 0.3 is 5.97 Å². The number of carbonyl (C=O) groups excluding carboxylic acids is 1. The molecule has 1 unspecified atom stereocenters. The van der Waals surface area contributed by atoms with Crippen LogP contribution in [0, 0.1) is 23.2 Å². The van der Waals surface area contributed by atoms with Gasteiger partial charge < -0.3 is 10.4 Å². The van der Waals surface area contributed by atoms with Gasteiger partial charge in [-0.1, -0.05) is 27.7 Å². The molecule has 0 saturated heterocycles. The van der Waals surface area contributed by atoms with E-state index in [1.54, 1.807) is 19.3 Å². The van der Waals surface area contributed by atoms with Gasteiger partial charge in [0.25, 0.3) is 0 Å². The minimum atomic E-state index is -1.43. The van der Waals surface area contributed by atoms with E-state index in [2.05, 4.69) is 15.3 Å². The molecule has 1 atom stereocenters. The van der Waals surface area contributed by atoms with Crippen LogP contribution < -0.4 is 5.32 Å². The highest BCUT2D eigenvalue weighted by Crippen LogP contribution is 2.78. The molecule has 1 heterocycles. The van der Waals surface area contributed by atoms with Crippen molar-refractivity contribution in [3.05, 3.63) is 23.8 Å². The van der Waals surface area contributed by atoms with E-state index < -0.39 is 34.2 Å². The van der Waals surface area contributed by atoms with Gasteiger partial charge in [0.2, 0.25) is 5.91 Å². The maximum Gasteiger partial charge on any atom is 0.320 e. The zero-order chi connectivity index (χ0) is 16.9. The van der Waals surface area contributed by atoms with Crippen molar-refractivity contribution >= 4 is 11.9 Å². The Balaban J connectivity index is 2.30. The summed E-state index contributed by atoms with van der Waals surface area (Å²) >= 11 is 0. The summed E-state index contributed by atoms with van der Waals surface area (Å²) in [5.41, 5.74) is -1.30. The fourth-order valence-corrected chi connectivity index (χ4v) is 3.73. The largest absolute Gasteiger partial charge is 0.480 e. The molecule has 0 bridgehead atoms. The van der Waals surface area contributed by atoms with E-state index in [1.807, 2.05) is 34.6 Å². The number of nitrogens with one attached hydrogen (secondary N) is 1. The molecule has 0 radical (unpaired) electrons. The number of aliphatic carboxylic acids is 1. The molecule has 0 aromatic carbocycles. The lowest BCUT2D eigenvalue weighted by molar-refractivity contribution is -0.152. The minimum absolute atomic E-state index is 0.398. The first-order valence-electron chi connectivity index (χ1n) is 7.33. The molecule has 1 aromatic heterocycles. The fraction of sp³-hybridized carbons (Fsp3) is 0.625. The first-order chi connectivity index (χ1) is 10.0. The van der Waals surface area contributed by atoms with E-state index in [1.165, 1.54) is 0 Å². The third-order valence-electron chi connectivity index (χ3n) is 5.71. The lowest BCUT2D eigenvalue weighted by Crippen LogP contribution is -2.43. The van der Waals surface area contributed by atoms with Crippen LogP contribution in [0.4, 0.5) is 0 Å². The highest BCUT2D eigenvalue weighted by molar-refractivity contribution is 6.08. The molecule has 0 spiro atoms. The molecular formula is C16H23N3O3. The van der Waals surface area contributed by atoms with Crippen LogP contribution >= 0.6 is 0 Å². The molecule has 0 aliphatic heterocycles. The van der Waals surface area contributed by atoms with Gasteiger partial charge in [0, 0.05) is 12.4 Å². The van der Waals surface area contributed by atoms with Gasteiger partial charge in [-0.2, -0.15) is 0 Å². The molecular weight excluding hydrogens is 282 g/mol. The molecule has 6 nitrogen and oxygen atoms in total. The van der Waals surface area contributed by atoms with Crippen LogP contribution in [0.1, 0.15) is 52.0 Å². The summed E-state index contributed by atoms with van der Waals surface area (Å²) in [6.45, 7) is 10.9. The smallest absolute Gasteiger partial charge is 0.320 e. The number of nitrogens with zero attached hydrogens (tertiary/aromatic N) is 2. The van der Waals surface area contributed by atoms with Gasteiger partial charge in [0.1, 0.15) is 0 Å². The van der Waals surface area contributed by atoms with Crippen LogP contribution in [0.15, 0.2) is 12.4 Å². The maximum atomic E-state index is 12.8. The fourth-order valence-electron chi connectivity index (χ4n) is 3.73. The normalized spacial score (nSPS) is 21.7. The Hall–Kier alpha value is -1.98. The third kappa shape index (κ3) is 1.79. The van der Waals surface area contributed by atoms with Crippen molar-refractivity contribution in [1.82, 2.24) is 15.3 Å². The van der Waals surface area contributed by atoms with Gasteiger partial charge in [-0.3, -0.25) is 19.6 Å². The van der Waals surface area contributed by atoms with E-state index in [9.17, 15) is 14.7 Å². The lowest BCUT2D eigenvalue weighted by atomic mass is 9.93. The predicted molar refractivity (Wildman–Crippen MR) is 81.0 cm³/mol. The van der Waals surface area contributed by atoms with Gasteiger partial charge in [-0.05, 0) is 24.7 Å². The molecule has 22 heavy (non-hydrogen) atoms. The molecule has 1 aliphatic rings. The van der Waals surface area contributed by atoms with Crippen LogP contribution in [0.5, 0.6) is 0 Å². The number of carboxylic acids is 1.